The van der Waals surface area contributed by atoms with Crippen molar-refractivity contribution in [3.05, 3.63) is 169 Å². The molecule has 9 rings (SSSR count). The molecular formula is C45H32N2. The van der Waals surface area contributed by atoms with Crippen molar-refractivity contribution in [1.82, 2.24) is 9.97 Å². The van der Waals surface area contributed by atoms with E-state index in [1.165, 1.54) is 54.9 Å². The molecule has 0 bridgehead atoms. The molecule has 47 heavy (non-hydrogen) atoms. The first kappa shape index (κ1) is 27.5. The Morgan fingerprint density at radius 1 is 0.383 bits per heavy atom. The van der Waals surface area contributed by atoms with Crippen LogP contribution in [-0.2, 0) is 5.41 Å². The fraction of sp³-hybridized carbons (Fsp3) is 0.0667. The lowest BCUT2D eigenvalue weighted by atomic mass is 9.81. The van der Waals surface area contributed by atoms with Crippen molar-refractivity contribution in [2.24, 2.45) is 0 Å². The first-order chi connectivity index (χ1) is 23.0. The minimum Gasteiger partial charge on any atom is -0.228 e. The summed E-state index contributed by atoms with van der Waals surface area (Å²) in [6, 6.07) is 56.5. The summed E-state index contributed by atoms with van der Waals surface area (Å²) in [7, 11) is 0. The van der Waals surface area contributed by atoms with Crippen molar-refractivity contribution in [3.63, 3.8) is 0 Å². The zero-order chi connectivity index (χ0) is 31.5. The van der Waals surface area contributed by atoms with E-state index in [9.17, 15) is 0 Å². The van der Waals surface area contributed by atoms with E-state index in [0.29, 0.717) is 0 Å². The molecule has 0 N–H and O–H groups in total. The molecule has 1 heterocycles. The average Bonchev–Trinajstić information content (AvgIpc) is 3.36. The van der Waals surface area contributed by atoms with E-state index in [4.69, 9.17) is 9.97 Å². The van der Waals surface area contributed by atoms with Gasteiger partial charge in [0.25, 0.3) is 0 Å². The van der Waals surface area contributed by atoms with Gasteiger partial charge in [0.2, 0.25) is 0 Å². The normalized spacial score (nSPS) is 13.1. The fourth-order valence-electron chi connectivity index (χ4n) is 7.33. The highest BCUT2D eigenvalue weighted by atomic mass is 14.9. The molecule has 0 fully saturated rings. The molecule has 0 spiro atoms. The van der Waals surface area contributed by atoms with E-state index in [2.05, 4.69) is 147 Å². The van der Waals surface area contributed by atoms with E-state index in [1.807, 2.05) is 24.3 Å². The molecule has 8 aromatic rings. The third-order valence-electron chi connectivity index (χ3n) is 9.88. The molecule has 2 heteroatoms. The van der Waals surface area contributed by atoms with Crippen LogP contribution in [0.5, 0.6) is 0 Å². The lowest BCUT2D eigenvalue weighted by Gasteiger charge is -2.22. The Hall–Kier alpha value is -5.86. The van der Waals surface area contributed by atoms with Gasteiger partial charge >= 0.3 is 0 Å². The van der Waals surface area contributed by atoms with E-state index in [-0.39, 0.29) is 5.41 Å². The van der Waals surface area contributed by atoms with Gasteiger partial charge in [-0.1, -0.05) is 147 Å². The van der Waals surface area contributed by atoms with Crippen molar-refractivity contribution in [3.8, 4) is 56.2 Å². The van der Waals surface area contributed by atoms with Gasteiger partial charge in [-0.3, -0.25) is 0 Å². The maximum atomic E-state index is 5.15. The van der Waals surface area contributed by atoms with Gasteiger partial charge in [0.05, 0.1) is 11.4 Å². The molecule has 0 unspecified atom stereocenters. The van der Waals surface area contributed by atoms with Crippen molar-refractivity contribution < 1.29 is 0 Å². The number of nitrogens with zero attached hydrogens (tertiary/aromatic N) is 2. The number of hydrogen-bond acceptors (Lipinski definition) is 2. The van der Waals surface area contributed by atoms with Crippen LogP contribution in [0.15, 0.2) is 158 Å². The zero-order valence-corrected chi connectivity index (χ0v) is 26.4. The van der Waals surface area contributed by atoms with Gasteiger partial charge in [-0.25, -0.2) is 9.97 Å². The highest BCUT2D eigenvalue weighted by molar-refractivity contribution is 6.10. The standard InChI is InChI=1S/C45H32N2/c1-45(2)40-16-10-9-15-36(40)39-25-34-23-19-31-20-24-35(26-37(31)38(34)27-41(39)45)43-28-42(46-44(47-43)33-13-7-4-8-14-33)32-21-17-30(18-22-32)29-11-5-3-6-12-29/h3-28H,1-2H3. The van der Waals surface area contributed by atoms with Gasteiger partial charge in [0.15, 0.2) is 5.82 Å². The molecule has 0 radical (unpaired) electrons. The van der Waals surface area contributed by atoms with Gasteiger partial charge in [-0.15, -0.1) is 0 Å². The van der Waals surface area contributed by atoms with Gasteiger partial charge in [-0.05, 0) is 79.2 Å². The van der Waals surface area contributed by atoms with Gasteiger partial charge in [0, 0.05) is 22.1 Å². The number of benzene rings is 7. The summed E-state index contributed by atoms with van der Waals surface area (Å²) in [5.74, 6) is 0.723. The molecule has 7 aromatic carbocycles. The Morgan fingerprint density at radius 3 is 1.70 bits per heavy atom. The Bertz CT molecular complexity index is 2460. The highest BCUT2D eigenvalue weighted by Crippen LogP contribution is 2.50. The summed E-state index contributed by atoms with van der Waals surface area (Å²) in [5, 5.41) is 5.00. The summed E-state index contributed by atoms with van der Waals surface area (Å²) in [6.45, 7) is 4.69. The van der Waals surface area contributed by atoms with Crippen molar-refractivity contribution in [2.45, 2.75) is 19.3 Å². The van der Waals surface area contributed by atoms with Gasteiger partial charge in [-0.2, -0.15) is 0 Å². The van der Waals surface area contributed by atoms with Crippen LogP contribution < -0.4 is 0 Å². The van der Waals surface area contributed by atoms with Crippen LogP contribution in [0.2, 0.25) is 0 Å². The van der Waals surface area contributed by atoms with Crippen LogP contribution in [0.25, 0.3) is 77.7 Å². The van der Waals surface area contributed by atoms with Gasteiger partial charge in [0.1, 0.15) is 0 Å². The summed E-state index contributed by atoms with van der Waals surface area (Å²) >= 11 is 0. The molecule has 1 aromatic heterocycles. The minimum atomic E-state index is -0.0535. The summed E-state index contributed by atoms with van der Waals surface area (Å²) < 4.78 is 0. The van der Waals surface area contributed by atoms with Crippen LogP contribution >= 0.6 is 0 Å². The number of rotatable bonds is 4. The summed E-state index contributed by atoms with van der Waals surface area (Å²) in [6.07, 6.45) is 0. The van der Waals surface area contributed by atoms with Crippen LogP contribution in [0, 0.1) is 0 Å². The second-order valence-electron chi connectivity index (χ2n) is 13.1. The highest BCUT2D eigenvalue weighted by Gasteiger charge is 2.35. The Balaban J connectivity index is 1.20. The smallest absolute Gasteiger partial charge is 0.160 e. The van der Waals surface area contributed by atoms with Gasteiger partial charge < -0.3 is 0 Å². The molecule has 0 atom stereocenters. The molecule has 0 saturated carbocycles. The molecule has 222 valence electrons. The van der Waals surface area contributed by atoms with Crippen molar-refractivity contribution >= 4 is 21.5 Å². The van der Waals surface area contributed by atoms with E-state index in [0.717, 1.165) is 33.9 Å². The first-order valence-corrected chi connectivity index (χ1v) is 16.2. The molecule has 1 aliphatic carbocycles. The molecule has 0 amide bonds. The maximum Gasteiger partial charge on any atom is 0.160 e. The van der Waals surface area contributed by atoms with Crippen molar-refractivity contribution in [2.75, 3.05) is 0 Å². The monoisotopic (exact) mass is 600 g/mol. The average molecular weight is 601 g/mol. The molecular weight excluding hydrogens is 569 g/mol. The molecule has 2 nitrogen and oxygen atoms in total. The second kappa shape index (κ2) is 10.6. The van der Waals surface area contributed by atoms with Crippen LogP contribution in [0.3, 0.4) is 0 Å². The predicted molar refractivity (Wildman–Crippen MR) is 196 cm³/mol. The second-order valence-corrected chi connectivity index (χ2v) is 13.1. The van der Waals surface area contributed by atoms with Crippen LogP contribution in [0.1, 0.15) is 25.0 Å². The zero-order valence-electron chi connectivity index (χ0n) is 26.4. The lowest BCUT2D eigenvalue weighted by molar-refractivity contribution is 0.661. The maximum absolute atomic E-state index is 5.15. The Labute approximate surface area is 275 Å². The predicted octanol–water partition coefficient (Wildman–Crippen LogP) is 11.8. The van der Waals surface area contributed by atoms with E-state index >= 15 is 0 Å². The molecule has 0 aliphatic heterocycles. The summed E-state index contributed by atoms with van der Waals surface area (Å²) in [5.41, 5.74) is 12.8. The lowest BCUT2D eigenvalue weighted by Crippen LogP contribution is -2.14. The first-order valence-electron chi connectivity index (χ1n) is 16.2. The van der Waals surface area contributed by atoms with Crippen molar-refractivity contribution in [1.29, 1.82) is 0 Å². The molecule has 0 saturated heterocycles. The van der Waals surface area contributed by atoms with E-state index in [1.54, 1.807) is 0 Å². The number of aromatic nitrogens is 2. The number of hydrogen-bond donors (Lipinski definition) is 0. The van der Waals surface area contributed by atoms with Crippen LogP contribution in [0.4, 0.5) is 0 Å². The number of fused-ring (bicyclic) bond motifs is 6. The van der Waals surface area contributed by atoms with E-state index < -0.39 is 0 Å². The largest absolute Gasteiger partial charge is 0.228 e. The fourth-order valence-corrected chi connectivity index (χ4v) is 7.33. The SMILES string of the molecule is CC1(C)c2ccccc2-c2cc3ccc4ccc(-c5cc(-c6ccc(-c7ccccc7)cc6)nc(-c6ccccc6)n5)cc4c3cc21. The Morgan fingerprint density at radius 2 is 0.936 bits per heavy atom. The minimum absolute atomic E-state index is 0.0535. The third-order valence-corrected chi connectivity index (χ3v) is 9.88. The quantitative estimate of drug-likeness (QED) is 0.188. The summed E-state index contributed by atoms with van der Waals surface area (Å²) in [4.78, 5) is 10.2. The van der Waals surface area contributed by atoms with Crippen LogP contribution in [-0.4, -0.2) is 9.97 Å². The third kappa shape index (κ3) is 4.56. The molecule has 1 aliphatic rings. The Kier molecular flexibility index (Phi) is 6.20. The topological polar surface area (TPSA) is 25.8 Å².